The van der Waals surface area contributed by atoms with Crippen LogP contribution < -0.4 is 5.32 Å². The van der Waals surface area contributed by atoms with Crippen LogP contribution in [-0.4, -0.2) is 62.7 Å². The molecule has 0 spiro atoms. The van der Waals surface area contributed by atoms with Crippen LogP contribution in [-0.2, 0) is 10.0 Å². The highest BCUT2D eigenvalue weighted by molar-refractivity contribution is 7.90. The van der Waals surface area contributed by atoms with E-state index in [1.165, 1.54) is 23.1 Å². The van der Waals surface area contributed by atoms with E-state index in [1.54, 1.807) is 14.1 Å². The van der Waals surface area contributed by atoms with Crippen molar-refractivity contribution in [2.45, 2.75) is 23.8 Å². The SMILES string of the molecule is CNCCN(C)C(=O)c1ccc2c(c1)S(=O)(=O)N(C1CC1)C2=O.Cl. The molecule has 132 valence electrons. The third-order valence-corrected chi connectivity index (χ3v) is 5.99. The molecule has 2 aliphatic rings. The van der Waals surface area contributed by atoms with Crippen molar-refractivity contribution in [2.75, 3.05) is 27.2 Å². The number of hydrogen-bond acceptors (Lipinski definition) is 5. The smallest absolute Gasteiger partial charge is 0.269 e. The summed E-state index contributed by atoms with van der Waals surface area (Å²) in [6, 6.07) is 4.05. The van der Waals surface area contributed by atoms with Crippen molar-refractivity contribution in [1.82, 2.24) is 14.5 Å². The van der Waals surface area contributed by atoms with Crippen molar-refractivity contribution in [2.24, 2.45) is 0 Å². The molecule has 0 atom stereocenters. The second-order valence-corrected chi connectivity index (χ2v) is 7.66. The van der Waals surface area contributed by atoms with Gasteiger partial charge in [0.15, 0.2) is 0 Å². The average Bonchev–Trinajstić information content (AvgIpc) is 3.32. The molecular formula is C15H20ClN3O4S. The standard InChI is InChI=1S/C15H19N3O4S.ClH/c1-16-7-8-17(2)14(19)10-3-6-12-13(9-10)23(21,22)18(15(12)20)11-4-5-11;/h3,6,9,11,16H,4-5,7-8H2,1-2H3;1H. The van der Waals surface area contributed by atoms with Crippen molar-refractivity contribution < 1.29 is 18.0 Å². The van der Waals surface area contributed by atoms with Crippen molar-refractivity contribution in [3.63, 3.8) is 0 Å². The Labute approximate surface area is 147 Å². The maximum Gasteiger partial charge on any atom is 0.269 e. The Kier molecular flexibility index (Phi) is 5.22. The van der Waals surface area contributed by atoms with E-state index in [0.717, 1.165) is 4.31 Å². The summed E-state index contributed by atoms with van der Waals surface area (Å²) >= 11 is 0. The zero-order chi connectivity index (χ0) is 16.8. The first-order valence-corrected chi connectivity index (χ1v) is 8.95. The molecule has 0 unspecified atom stereocenters. The fourth-order valence-electron chi connectivity index (χ4n) is 2.65. The highest BCUT2D eigenvalue weighted by atomic mass is 35.5. The molecule has 0 saturated heterocycles. The third kappa shape index (κ3) is 3.01. The summed E-state index contributed by atoms with van der Waals surface area (Å²) in [5.74, 6) is -0.749. The van der Waals surface area contributed by atoms with E-state index in [-0.39, 0.29) is 40.4 Å². The second-order valence-electron chi connectivity index (χ2n) is 5.88. The lowest BCUT2D eigenvalue weighted by Gasteiger charge is -2.17. The van der Waals surface area contributed by atoms with Crippen LogP contribution in [0.25, 0.3) is 0 Å². The van der Waals surface area contributed by atoms with Crippen molar-refractivity contribution in [1.29, 1.82) is 0 Å². The van der Waals surface area contributed by atoms with Crippen LogP contribution in [0.1, 0.15) is 33.6 Å². The predicted molar refractivity (Wildman–Crippen MR) is 91.0 cm³/mol. The normalized spacial score (nSPS) is 18.1. The number of benzene rings is 1. The monoisotopic (exact) mass is 373 g/mol. The van der Waals surface area contributed by atoms with Gasteiger partial charge in [-0.05, 0) is 38.1 Å². The topological polar surface area (TPSA) is 86.8 Å². The van der Waals surface area contributed by atoms with Gasteiger partial charge in [-0.25, -0.2) is 12.7 Å². The molecule has 1 aliphatic carbocycles. The van der Waals surface area contributed by atoms with E-state index in [2.05, 4.69) is 5.32 Å². The Morgan fingerprint density at radius 1 is 1.38 bits per heavy atom. The summed E-state index contributed by atoms with van der Waals surface area (Å²) in [5, 5.41) is 2.95. The van der Waals surface area contributed by atoms with Crippen LogP contribution in [0.15, 0.2) is 23.1 Å². The quantitative estimate of drug-likeness (QED) is 0.821. The zero-order valence-corrected chi connectivity index (χ0v) is 15.1. The molecule has 9 heteroatoms. The number of rotatable bonds is 5. The molecule has 1 fully saturated rings. The lowest BCUT2D eigenvalue weighted by molar-refractivity contribution is 0.0794. The van der Waals surface area contributed by atoms with Gasteiger partial charge in [0.1, 0.15) is 4.90 Å². The Morgan fingerprint density at radius 3 is 2.62 bits per heavy atom. The molecule has 24 heavy (non-hydrogen) atoms. The summed E-state index contributed by atoms with van der Waals surface area (Å²) in [6.45, 7) is 1.14. The molecule has 1 aromatic carbocycles. The highest BCUT2D eigenvalue weighted by Crippen LogP contribution is 2.39. The summed E-state index contributed by atoms with van der Waals surface area (Å²) in [4.78, 5) is 26.1. The van der Waals surface area contributed by atoms with Crippen molar-refractivity contribution >= 4 is 34.2 Å². The first-order chi connectivity index (χ1) is 10.9. The molecule has 7 nitrogen and oxygen atoms in total. The van der Waals surface area contributed by atoms with E-state index >= 15 is 0 Å². The number of halogens is 1. The molecule has 0 aromatic heterocycles. The minimum Gasteiger partial charge on any atom is -0.340 e. The Balaban J connectivity index is 0.00000208. The van der Waals surface area contributed by atoms with E-state index in [9.17, 15) is 18.0 Å². The Morgan fingerprint density at radius 2 is 2.04 bits per heavy atom. The third-order valence-electron chi connectivity index (χ3n) is 4.12. The van der Waals surface area contributed by atoms with Gasteiger partial charge in [0, 0.05) is 31.7 Å². The van der Waals surface area contributed by atoms with Crippen molar-refractivity contribution in [3.05, 3.63) is 29.3 Å². The Hall–Kier alpha value is -1.64. The van der Waals surface area contributed by atoms with Gasteiger partial charge in [-0.15, -0.1) is 12.4 Å². The Bertz CT molecular complexity index is 777. The highest BCUT2D eigenvalue weighted by Gasteiger charge is 2.48. The summed E-state index contributed by atoms with van der Waals surface area (Å²) in [5.41, 5.74) is 0.433. The molecule has 1 aliphatic heterocycles. The van der Waals surface area contributed by atoms with Crippen LogP contribution in [0.3, 0.4) is 0 Å². The number of hydrogen-bond donors (Lipinski definition) is 1. The van der Waals surface area contributed by atoms with Gasteiger partial charge in [0.25, 0.3) is 21.8 Å². The lowest BCUT2D eigenvalue weighted by atomic mass is 10.1. The molecule has 2 amide bonds. The van der Waals surface area contributed by atoms with Gasteiger partial charge in [0.05, 0.1) is 5.56 Å². The zero-order valence-electron chi connectivity index (χ0n) is 13.5. The van der Waals surface area contributed by atoms with E-state index in [4.69, 9.17) is 0 Å². The van der Waals surface area contributed by atoms with Gasteiger partial charge in [-0.1, -0.05) is 0 Å². The number of sulfonamides is 1. The number of nitrogens with one attached hydrogen (secondary N) is 1. The summed E-state index contributed by atoms with van der Waals surface area (Å²) < 4.78 is 26.1. The number of amides is 2. The number of nitrogens with zero attached hydrogens (tertiary/aromatic N) is 2. The van der Waals surface area contributed by atoms with E-state index < -0.39 is 15.9 Å². The molecule has 1 aromatic rings. The first kappa shape index (κ1) is 18.7. The average molecular weight is 374 g/mol. The maximum atomic E-state index is 12.6. The molecule has 1 saturated carbocycles. The number of likely N-dealkylation sites (N-methyl/N-ethyl adjacent to an activating group) is 2. The number of carbonyl (C=O) groups excluding carboxylic acids is 2. The lowest BCUT2D eigenvalue weighted by Crippen LogP contribution is -2.33. The fourth-order valence-corrected chi connectivity index (χ4v) is 4.49. The molecule has 1 heterocycles. The fraction of sp³-hybridized carbons (Fsp3) is 0.467. The largest absolute Gasteiger partial charge is 0.340 e. The van der Waals surface area contributed by atoms with Crippen LogP contribution in [0.4, 0.5) is 0 Å². The minimum absolute atomic E-state index is 0. The van der Waals surface area contributed by atoms with Crippen LogP contribution in [0, 0.1) is 0 Å². The van der Waals surface area contributed by atoms with Gasteiger partial charge in [0.2, 0.25) is 0 Å². The summed E-state index contributed by atoms with van der Waals surface area (Å²) in [6.07, 6.45) is 1.41. The van der Waals surface area contributed by atoms with Gasteiger partial charge in [-0.2, -0.15) is 0 Å². The van der Waals surface area contributed by atoms with Gasteiger partial charge in [-0.3, -0.25) is 9.59 Å². The molecule has 0 radical (unpaired) electrons. The van der Waals surface area contributed by atoms with E-state index in [0.29, 0.717) is 25.9 Å². The van der Waals surface area contributed by atoms with Crippen LogP contribution in [0.2, 0.25) is 0 Å². The maximum absolute atomic E-state index is 12.6. The first-order valence-electron chi connectivity index (χ1n) is 7.51. The molecular weight excluding hydrogens is 354 g/mol. The van der Waals surface area contributed by atoms with Gasteiger partial charge < -0.3 is 10.2 Å². The van der Waals surface area contributed by atoms with Crippen LogP contribution in [0.5, 0.6) is 0 Å². The summed E-state index contributed by atoms with van der Waals surface area (Å²) in [7, 11) is -0.384. The van der Waals surface area contributed by atoms with E-state index in [1.807, 2.05) is 0 Å². The second kappa shape index (κ2) is 6.70. The molecule has 1 N–H and O–H groups in total. The minimum atomic E-state index is -3.83. The number of carbonyl (C=O) groups is 2. The number of fused-ring (bicyclic) bond motifs is 1. The van der Waals surface area contributed by atoms with Crippen molar-refractivity contribution in [3.8, 4) is 0 Å². The van der Waals surface area contributed by atoms with Crippen LogP contribution >= 0.6 is 12.4 Å². The molecule has 3 rings (SSSR count). The molecule has 0 bridgehead atoms. The predicted octanol–water partition coefficient (Wildman–Crippen LogP) is 0.707. The van der Waals surface area contributed by atoms with Gasteiger partial charge >= 0.3 is 0 Å².